The fraction of sp³-hybridized carbons (Fsp3) is 0.423. The minimum Gasteiger partial charge on any atom is -0.341 e. The number of aryl methyl sites for hydroxylation is 3. The predicted octanol–water partition coefficient (Wildman–Crippen LogP) is 1.50. The summed E-state index contributed by atoms with van der Waals surface area (Å²) in [5, 5.41) is 5.54. The lowest BCUT2D eigenvalue weighted by atomic mass is 9.99. The molecule has 2 aromatic carbocycles. The SMILES string of the molecule is CC#CCn1c(N2C[C@H](N)C[C@@H](N[C@H](C)Cc3nc(Cn4c(=O)c5c(nc(N6CCC[C@@H](N)C6)n5CC#CC)n(C)c4=O)nc4ccccc34)C2)nc2c1c(=O)n(Cc1nc(C)c3ccccc3n1)c(=O)n2C. The summed E-state index contributed by atoms with van der Waals surface area (Å²) in [6.45, 7) is 9.75. The number of nitrogens with one attached hydrogen (secondary N) is 1. The number of hydrogen-bond acceptors (Lipinski definition) is 15. The van der Waals surface area contributed by atoms with Crippen molar-refractivity contribution >= 4 is 56.0 Å². The first-order chi connectivity index (χ1) is 35.2. The summed E-state index contributed by atoms with van der Waals surface area (Å²) in [7, 11) is 3.22. The molecule has 0 saturated carbocycles. The molecule has 0 aliphatic carbocycles. The molecule has 2 aliphatic heterocycles. The van der Waals surface area contributed by atoms with E-state index >= 15 is 0 Å². The molecular weight excluding hydrogens is 927 g/mol. The van der Waals surface area contributed by atoms with Crippen LogP contribution >= 0.6 is 0 Å². The number of hydrogen-bond donors (Lipinski definition) is 3. The van der Waals surface area contributed by atoms with Crippen molar-refractivity contribution in [3.63, 3.8) is 0 Å². The molecule has 376 valence electrons. The van der Waals surface area contributed by atoms with Crippen LogP contribution in [-0.2, 0) is 46.7 Å². The highest BCUT2D eigenvalue weighted by molar-refractivity contribution is 5.82. The van der Waals surface area contributed by atoms with Crippen molar-refractivity contribution in [2.75, 3.05) is 36.0 Å². The van der Waals surface area contributed by atoms with Gasteiger partial charge in [-0.2, -0.15) is 9.97 Å². The normalized spacial score (nSPS) is 17.6. The Morgan fingerprint density at radius 1 is 0.671 bits per heavy atom. The van der Waals surface area contributed by atoms with Crippen LogP contribution < -0.4 is 49.1 Å². The van der Waals surface area contributed by atoms with Crippen LogP contribution in [-0.4, -0.2) is 108 Å². The zero-order valence-corrected chi connectivity index (χ0v) is 42.0. The van der Waals surface area contributed by atoms with Crippen molar-refractivity contribution in [1.82, 2.24) is 62.6 Å². The number of fused-ring (bicyclic) bond motifs is 4. The lowest BCUT2D eigenvalue weighted by molar-refractivity contribution is 0.353. The second-order valence-electron chi connectivity index (χ2n) is 19.2. The number of rotatable bonds is 12. The van der Waals surface area contributed by atoms with Crippen LogP contribution in [0.4, 0.5) is 11.9 Å². The summed E-state index contributed by atoms with van der Waals surface area (Å²) >= 11 is 0. The van der Waals surface area contributed by atoms with Gasteiger partial charge in [0.25, 0.3) is 11.1 Å². The zero-order chi connectivity index (χ0) is 51.2. The van der Waals surface area contributed by atoms with E-state index in [4.69, 9.17) is 31.4 Å². The van der Waals surface area contributed by atoms with Gasteiger partial charge in [0, 0.05) is 87.3 Å². The van der Waals surface area contributed by atoms with E-state index in [0.717, 1.165) is 51.6 Å². The topological polar surface area (TPSA) is 246 Å². The summed E-state index contributed by atoms with van der Waals surface area (Å²) in [5.74, 6) is 13.8. The molecule has 0 unspecified atom stereocenters. The Morgan fingerprint density at radius 3 is 1.79 bits per heavy atom. The quantitative estimate of drug-likeness (QED) is 0.147. The Labute approximate surface area is 419 Å². The molecule has 8 heterocycles. The van der Waals surface area contributed by atoms with E-state index < -0.39 is 22.5 Å². The van der Waals surface area contributed by atoms with E-state index in [2.05, 4.69) is 55.7 Å². The monoisotopic (exact) mass is 985 g/mol. The van der Waals surface area contributed by atoms with E-state index in [1.807, 2.05) is 55.5 Å². The molecule has 21 nitrogen and oxygen atoms in total. The van der Waals surface area contributed by atoms with Crippen LogP contribution in [0.25, 0.3) is 44.1 Å². The van der Waals surface area contributed by atoms with Gasteiger partial charge in [-0.1, -0.05) is 48.2 Å². The molecule has 2 aliphatic rings. The van der Waals surface area contributed by atoms with Crippen LogP contribution in [0, 0.1) is 30.6 Å². The van der Waals surface area contributed by atoms with Crippen LogP contribution in [0.1, 0.15) is 63.1 Å². The number of piperidine rings is 2. The maximum Gasteiger partial charge on any atom is 0.332 e. The molecule has 73 heavy (non-hydrogen) atoms. The van der Waals surface area contributed by atoms with Gasteiger partial charge in [0.1, 0.15) is 11.6 Å². The van der Waals surface area contributed by atoms with Crippen molar-refractivity contribution in [2.45, 2.75) is 104 Å². The maximum atomic E-state index is 14.5. The van der Waals surface area contributed by atoms with Gasteiger partial charge in [0.2, 0.25) is 11.9 Å². The van der Waals surface area contributed by atoms with Crippen LogP contribution in [0.2, 0.25) is 0 Å². The number of imidazole rings is 2. The predicted molar refractivity (Wildman–Crippen MR) is 282 cm³/mol. The Balaban J connectivity index is 0.934. The molecular formula is C52H59N17O4. The van der Waals surface area contributed by atoms with Gasteiger partial charge in [0.05, 0.1) is 42.9 Å². The third-order valence-corrected chi connectivity index (χ3v) is 13.9. The minimum absolute atomic E-state index is 0.0370. The van der Waals surface area contributed by atoms with Gasteiger partial charge >= 0.3 is 11.4 Å². The number of anilines is 2. The number of para-hydroxylation sites is 2. The number of benzene rings is 2. The van der Waals surface area contributed by atoms with Gasteiger partial charge < -0.3 is 26.6 Å². The summed E-state index contributed by atoms with van der Waals surface area (Å²) in [6, 6.07) is 14.8. The van der Waals surface area contributed by atoms with Crippen molar-refractivity contribution in [3.8, 4) is 23.7 Å². The smallest absolute Gasteiger partial charge is 0.332 e. The second-order valence-corrected chi connectivity index (χ2v) is 19.2. The third kappa shape index (κ3) is 9.15. The molecule has 0 bridgehead atoms. The van der Waals surface area contributed by atoms with E-state index in [9.17, 15) is 19.2 Å². The fourth-order valence-corrected chi connectivity index (χ4v) is 10.5. The Kier molecular flexibility index (Phi) is 13.3. The highest BCUT2D eigenvalue weighted by Crippen LogP contribution is 2.26. The lowest BCUT2D eigenvalue weighted by Crippen LogP contribution is -2.56. The highest BCUT2D eigenvalue weighted by Gasteiger charge is 2.32. The molecule has 6 aromatic heterocycles. The summed E-state index contributed by atoms with van der Waals surface area (Å²) in [5.41, 5.74) is 15.0. The summed E-state index contributed by atoms with van der Waals surface area (Å²) in [4.78, 5) is 90.2. The minimum atomic E-state index is -0.539. The van der Waals surface area contributed by atoms with Gasteiger partial charge in [-0.3, -0.25) is 37.0 Å². The van der Waals surface area contributed by atoms with Crippen molar-refractivity contribution in [2.24, 2.45) is 25.6 Å². The first kappa shape index (κ1) is 48.6. The number of nitrogens with two attached hydrogens (primary N) is 2. The van der Waals surface area contributed by atoms with E-state index in [-0.39, 0.29) is 72.7 Å². The molecule has 0 spiro atoms. The molecule has 0 radical (unpaired) electrons. The van der Waals surface area contributed by atoms with Crippen LogP contribution in [0.5, 0.6) is 0 Å². The zero-order valence-electron chi connectivity index (χ0n) is 42.0. The molecule has 2 fully saturated rings. The van der Waals surface area contributed by atoms with Crippen LogP contribution in [0.3, 0.4) is 0 Å². The first-order valence-electron chi connectivity index (χ1n) is 24.7. The van der Waals surface area contributed by atoms with E-state index in [1.165, 1.54) is 13.7 Å². The second kappa shape index (κ2) is 19.9. The number of nitrogens with zero attached hydrogens (tertiary/aromatic N) is 14. The molecule has 8 aromatic rings. The van der Waals surface area contributed by atoms with Crippen LogP contribution in [0.15, 0.2) is 67.7 Å². The standard InChI is InChI=1S/C52H59N17O4/c1-7-9-22-66-43-45(60-49(66)64-21-15-16-33(53)26-64)62(5)52(73)69(47(43)70)30-42-58-39-20-14-12-18-37(39)40(59-42)24-31(3)55-35-25-34(54)27-65(28-35)50-61-46-44(67(50)23-10-8-2)48(71)68(51(72)63(46)6)29-41-56-32(4)36-17-11-13-19-38(36)57-41/h11-14,17-20,31,33-35,55H,15-16,21-30,53-54H2,1-6H3/t31-,33-,34-,35-/m1/s1. The molecule has 21 heteroatoms. The largest absolute Gasteiger partial charge is 0.341 e. The van der Waals surface area contributed by atoms with E-state index in [1.54, 1.807) is 37.1 Å². The third-order valence-electron chi connectivity index (χ3n) is 13.9. The van der Waals surface area contributed by atoms with Crippen molar-refractivity contribution < 1.29 is 0 Å². The average molecular weight is 986 g/mol. The molecule has 4 atom stereocenters. The molecule has 10 rings (SSSR count). The molecule has 2 saturated heterocycles. The van der Waals surface area contributed by atoms with Crippen molar-refractivity contribution in [1.29, 1.82) is 0 Å². The number of aromatic nitrogens is 12. The van der Waals surface area contributed by atoms with Gasteiger partial charge in [-0.05, 0) is 59.1 Å². The summed E-state index contributed by atoms with van der Waals surface area (Å²) in [6.07, 6.45) is 2.91. The first-order valence-corrected chi connectivity index (χ1v) is 24.7. The van der Waals surface area contributed by atoms with Gasteiger partial charge in [0.15, 0.2) is 22.3 Å². The molecule has 5 N–H and O–H groups in total. The average Bonchev–Trinajstić information content (AvgIpc) is 3.96. The van der Waals surface area contributed by atoms with Gasteiger partial charge in [-0.15, -0.1) is 11.8 Å². The van der Waals surface area contributed by atoms with E-state index in [0.29, 0.717) is 61.5 Å². The Hall–Kier alpha value is -7.98. The fourth-order valence-electron chi connectivity index (χ4n) is 10.5. The Bertz CT molecular complexity index is 3860. The van der Waals surface area contributed by atoms with Gasteiger partial charge in [-0.25, -0.2) is 29.5 Å². The maximum absolute atomic E-state index is 14.5. The summed E-state index contributed by atoms with van der Waals surface area (Å²) < 4.78 is 8.68. The lowest BCUT2D eigenvalue weighted by Gasteiger charge is -2.38. The highest BCUT2D eigenvalue weighted by atomic mass is 16.2. The van der Waals surface area contributed by atoms with Crippen molar-refractivity contribution in [3.05, 3.63) is 113 Å². The Morgan fingerprint density at radius 2 is 1.21 bits per heavy atom. The molecule has 0 amide bonds.